The average Bonchev–Trinajstić information content (AvgIpc) is 3.30. The van der Waals surface area contributed by atoms with Gasteiger partial charge in [0.1, 0.15) is 0 Å². The molecule has 0 saturated heterocycles. The minimum atomic E-state index is -0.370. The molecule has 0 aliphatic carbocycles. The highest BCUT2D eigenvalue weighted by molar-refractivity contribution is 6.30. The second kappa shape index (κ2) is 9.94. The molecule has 8 heteroatoms. The lowest BCUT2D eigenvalue weighted by Crippen LogP contribution is -2.39. The molecule has 0 unspecified atom stereocenters. The fourth-order valence-corrected chi connectivity index (χ4v) is 4.51. The van der Waals surface area contributed by atoms with Crippen LogP contribution in [0.3, 0.4) is 0 Å². The average molecular weight is 505 g/mol. The van der Waals surface area contributed by atoms with Crippen LogP contribution in [0.15, 0.2) is 94.9 Å². The van der Waals surface area contributed by atoms with Crippen molar-refractivity contribution in [2.24, 2.45) is 0 Å². The van der Waals surface area contributed by atoms with E-state index in [1.165, 1.54) is 4.57 Å². The Balaban J connectivity index is 1.43. The molecule has 0 aliphatic heterocycles. The highest BCUT2D eigenvalue weighted by Crippen LogP contribution is 2.15. The van der Waals surface area contributed by atoms with Gasteiger partial charge in [-0.2, -0.15) is 0 Å². The Kier molecular flexibility index (Phi) is 6.57. The molecular weight excluding hydrogens is 483 g/mol. The Morgan fingerprint density at radius 1 is 0.829 bits per heavy atom. The van der Waals surface area contributed by atoms with Crippen LogP contribution in [0.5, 0.6) is 0 Å². The number of para-hydroxylation sites is 1. The molecule has 176 valence electrons. The highest BCUT2D eigenvalue weighted by atomic mass is 35.5. The van der Waals surface area contributed by atoms with E-state index in [-0.39, 0.29) is 11.2 Å². The Hall–Kier alpha value is -3.61. The van der Waals surface area contributed by atoms with Gasteiger partial charge in [-0.1, -0.05) is 47.5 Å². The van der Waals surface area contributed by atoms with Crippen molar-refractivity contribution in [3.05, 3.63) is 127 Å². The molecule has 3 aromatic carbocycles. The van der Waals surface area contributed by atoms with Gasteiger partial charge in [-0.25, -0.2) is 14.3 Å². The van der Waals surface area contributed by atoms with Crippen molar-refractivity contribution in [3.63, 3.8) is 0 Å². The lowest BCUT2D eigenvalue weighted by Gasteiger charge is -2.15. The van der Waals surface area contributed by atoms with Crippen molar-refractivity contribution in [2.45, 2.75) is 25.9 Å². The Morgan fingerprint density at radius 3 is 2.26 bits per heavy atom. The minimum absolute atomic E-state index is 0.342. The Bertz CT molecular complexity index is 1600. The monoisotopic (exact) mass is 504 g/mol. The lowest BCUT2D eigenvalue weighted by atomic mass is 10.2. The Morgan fingerprint density at radius 2 is 1.51 bits per heavy atom. The standard InChI is InChI=1S/C27H22Cl2N4O2/c28-20-9-7-19(8-10-20)17-31-18-30-16-23(31)4-3-15-32-25-6-2-1-5-24(25)26(34)33(27(32)35)22-13-11-21(29)12-14-22/h1-2,5-14,16,18H,3-4,15,17H2. The first-order valence-corrected chi connectivity index (χ1v) is 12.0. The first-order chi connectivity index (χ1) is 17.0. The summed E-state index contributed by atoms with van der Waals surface area (Å²) < 4.78 is 4.98. The van der Waals surface area contributed by atoms with Gasteiger partial charge >= 0.3 is 5.69 Å². The number of hydrogen-bond acceptors (Lipinski definition) is 3. The smallest absolute Gasteiger partial charge is 0.330 e. The van der Waals surface area contributed by atoms with E-state index >= 15 is 0 Å². The number of aryl methyl sites for hydroxylation is 2. The van der Waals surface area contributed by atoms with Crippen molar-refractivity contribution >= 4 is 34.1 Å². The van der Waals surface area contributed by atoms with Crippen LogP contribution < -0.4 is 11.2 Å². The highest BCUT2D eigenvalue weighted by Gasteiger charge is 2.14. The van der Waals surface area contributed by atoms with Crippen molar-refractivity contribution in [2.75, 3.05) is 0 Å². The summed E-state index contributed by atoms with van der Waals surface area (Å²) in [5.41, 5.74) is 2.61. The molecule has 6 nitrogen and oxygen atoms in total. The van der Waals surface area contributed by atoms with E-state index in [2.05, 4.69) is 9.55 Å². The van der Waals surface area contributed by atoms with Gasteiger partial charge in [0.25, 0.3) is 5.56 Å². The molecule has 0 amide bonds. The first kappa shape index (κ1) is 23.1. The summed E-state index contributed by atoms with van der Waals surface area (Å²) >= 11 is 12.0. The summed E-state index contributed by atoms with van der Waals surface area (Å²) in [6.07, 6.45) is 5.10. The molecule has 0 N–H and O–H groups in total. The van der Waals surface area contributed by atoms with Crippen molar-refractivity contribution in [1.82, 2.24) is 18.7 Å². The lowest BCUT2D eigenvalue weighted by molar-refractivity contribution is 0.595. The molecule has 0 fully saturated rings. The number of rotatable bonds is 7. The number of benzene rings is 3. The molecule has 0 atom stereocenters. The molecule has 0 saturated carbocycles. The predicted octanol–water partition coefficient (Wildman–Crippen LogP) is 5.34. The van der Waals surface area contributed by atoms with Crippen LogP contribution in [-0.4, -0.2) is 18.7 Å². The number of imidazole rings is 1. The van der Waals surface area contributed by atoms with Crippen LogP contribution in [-0.2, 0) is 19.5 Å². The summed E-state index contributed by atoms with van der Waals surface area (Å²) in [4.78, 5) is 31.0. The van der Waals surface area contributed by atoms with E-state index < -0.39 is 0 Å². The number of aromatic nitrogens is 4. The van der Waals surface area contributed by atoms with E-state index in [9.17, 15) is 9.59 Å². The Labute approximate surface area is 211 Å². The molecule has 5 aromatic rings. The van der Waals surface area contributed by atoms with E-state index in [1.54, 1.807) is 41.0 Å². The van der Waals surface area contributed by atoms with Gasteiger partial charge in [0.15, 0.2) is 0 Å². The molecule has 0 bridgehead atoms. The fourth-order valence-electron chi connectivity index (χ4n) is 4.26. The van der Waals surface area contributed by atoms with Crippen molar-refractivity contribution in [3.8, 4) is 5.69 Å². The van der Waals surface area contributed by atoms with Crippen LogP contribution in [0.4, 0.5) is 0 Å². The zero-order valence-corrected chi connectivity index (χ0v) is 20.3. The number of fused-ring (bicyclic) bond motifs is 1. The molecule has 35 heavy (non-hydrogen) atoms. The predicted molar refractivity (Wildman–Crippen MR) is 140 cm³/mol. The maximum atomic E-state index is 13.5. The molecule has 2 aromatic heterocycles. The van der Waals surface area contributed by atoms with Crippen molar-refractivity contribution < 1.29 is 0 Å². The topological polar surface area (TPSA) is 61.8 Å². The quantitative estimate of drug-likeness (QED) is 0.300. The maximum absolute atomic E-state index is 13.5. The normalized spacial score (nSPS) is 11.3. The summed E-state index contributed by atoms with van der Waals surface area (Å²) in [6.45, 7) is 1.15. The van der Waals surface area contributed by atoms with Crippen LogP contribution in [0.1, 0.15) is 17.7 Å². The summed E-state index contributed by atoms with van der Waals surface area (Å²) in [5.74, 6) is 0. The van der Waals surface area contributed by atoms with Gasteiger partial charge in [-0.3, -0.25) is 9.36 Å². The van der Waals surface area contributed by atoms with Crippen LogP contribution in [0.2, 0.25) is 10.0 Å². The van der Waals surface area contributed by atoms with Crippen molar-refractivity contribution in [1.29, 1.82) is 0 Å². The molecule has 0 aliphatic rings. The van der Waals surface area contributed by atoms with E-state index in [0.717, 1.165) is 17.7 Å². The third kappa shape index (κ3) is 4.81. The third-order valence-corrected chi connectivity index (χ3v) is 6.52. The van der Waals surface area contributed by atoms with Crippen LogP contribution >= 0.6 is 23.2 Å². The molecule has 5 rings (SSSR count). The molecule has 2 heterocycles. The van der Waals surface area contributed by atoms with Gasteiger partial charge in [0.05, 0.1) is 22.9 Å². The van der Waals surface area contributed by atoms with E-state index in [1.807, 2.05) is 48.9 Å². The fraction of sp³-hybridized carbons (Fsp3) is 0.148. The number of halogens is 2. The van der Waals surface area contributed by atoms with Gasteiger partial charge in [0.2, 0.25) is 0 Å². The summed E-state index contributed by atoms with van der Waals surface area (Å²) in [7, 11) is 0. The van der Waals surface area contributed by atoms with Gasteiger partial charge in [0, 0.05) is 35.0 Å². The van der Waals surface area contributed by atoms with E-state index in [0.29, 0.717) is 46.1 Å². The third-order valence-electron chi connectivity index (χ3n) is 6.01. The number of hydrogen-bond donors (Lipinski definition) is 0. The second-order valence-electron chi connectivity index (χ2n) is 8.31. The SMILES string of the molecule is O=c1c2ccccc2n(CCCc2cncn2Cc2ccc(Cl)cc2)c(=O)n1-c1ccc(Cl)cc1. The molecule has 0 radical (unpaired) electrons. The van der Waals surface area contributed by atoms with E-state index in [4.69, 9.17) is 23.2 Å². The summed E-state index contributed by atoms with van der Waals surface area (Å²) in [6, 6.07) is 21.7. The van der Waals surface area contributed by atoms with Crippen LogP contribution in [0.25, 0.3) is 16.6 Å². The van der Waals surface area contributed by atoms with Gasteiger partial charge in [-0.05, 0) is 66.9 Å². The number of nitrogens with zero attached hydrogens (tertiary/aromatic N) is 4. The molecular formula is C27H22Cl2N4O2. The zero-order valence-electron chi connectivity index (χ0n) is 18.8. The van der Waals surface area contributed by atoms with Crippen LogP contribution in [0, 0.1) is 0 Å². The van der Waals surface area contributed by atoms with Gasteiger partial charge in [-0.15, -0.1) is 0 Å². The maximum Gasteiger partial charge on any atom is 0.336 e. The first-order valence-electron chi connectivity index (χ1n) is 11.3. The minimum Gasteiger partial charge on any atom is -0.330 e. The second-order valence-corrected chi connectivity index (χ2v) is 9.18. The largest absolute Gasteiger partial charge is 0.336 e. The zero-order chi connectivity index (χ0) is 24.4. The molecule has 0 spiro atoms. The summed E-state index contributed by atoms with van der Waals surface area (Å²) in [5, 5.41) is 1.74. The van der Waals surface area contributed by atoms with Gasteiger partial charge < -0.3 is 4.57 Å².